The van der Waals surface area contributed by atoms with Gasteiger partial charge < -0.3 is 4.74 Å². The molecule has 0 atom stereocenters. The highest BCUT2D eigenvalue weighted by Crippen LogP contribution is 2.26. The maximum absolute atomic E-state index is 10.7. The fourth-order valence-electron chi connectivity index (χ4n) is 1.42. The summed E-state index contributed by atoms with van der Waals surface area (Å²) >= 11 is 0. The van der Waals surface area contributed by atoms with Gasteiger partial charge in [-0.25, -0.2) is 4.68 Å². The molecule has 1 aromatic heterocycles. The summed E-state index contributed by atoms with van der Waals surface area (Å²) in [5, 5.41) is 18.0. The normalized spacial score (nSPS) is 10.1. The monoisotopic (exact) mass is 248 g/mol. The topological polar surface area (TPSA) is 100 Å². The number of nitrogens with zero attached hydrogens (tertiary/aromatic N) is 4. The van der Waals surface area contributed by atoms with E-state index in [-0.39, 0.29) is 11.4 Å². The van der Waals surface area contributed by atoms with Crippen molar-refractivity contribution in [2.45, 2.75) is 0 Å². The van der Waals surface area contributed by atoms with E-state index in [0.717, 1.165) is 0 Å². The number of nitro benzene ring substituents is 1. The number of rotatable bonds is 4. The number of methoxy groups -OCH3 is 1. The third kappa shape index (κ3) is 2.03. The van der Waals surface area contributed by atoms with Gasteiger partial charge in [-0.15, -0.1) is 5.10 Å². The van der Waals surface area contributed by atoms with Gasteiger partial charge in [0, 0.05) is 12.1 Å². The molecule has 1 heterocycles. The minimum absolute atomic E-state index is 0.103. The van der Waals surface area contributed by atoms with Crippen molar-refractivity contribution in [2.75, 3.05) is 7.11 Å². The van der Waals surface area contributed by atoms with E-state index in [0.29, 0.717) is 17.7 Å². The lowest BCUT2D eigenvalue weighted by Crippen LogP contribution is -2.00. The second-order valence-corrected chi connectivity index (χ2v) is 3.32. The molecule has 92 valence electrons. The van der Waals surface area contributed by atoms with Gasteiger partial charge in [-0.2, -0.15) is 0 Å². The molecule has 0 saturated heterocycles. The molecule has 1 aromatic carbocycles. The second kappa shape index (κ2) is 4.62. The predicted octanol–water partition coefficient (Wildman–Crippen LogP) is 0.997. The zero-order valence-corrected chi connectivity index (χ0v) is 9.31. The third-order valence-corrected chi connectivity index (χ3v) is 2.25. The molecule has 0 aliphatic carbocycles. The van der Waals surface area contributed by atoms with Crippen LogP contribution < -0.4 is 4.74 Å². The number of carbonyl (C=O) groups excluding carboxylic acids is 1. The summed E-state index contributed by atoms with van der Waals surface area (Å²) in [4.78, 5) is 20.7. The summed E-state index contributed by atoms with van der Waals surface area (Å²) in [6.45, 7) is 0. The Balaban J connectivity index is 2.55. The van der Waals surface area contributed by atoms with Crippen LogP contribution in [0.15, 0.2) is 24.4 Å². The summed E-state index contributed by atoms with van der Waals surface area (Å²) in [6.07, 6.45) is 1.89. The van der Waals surface area contributed by atoms with Crippen LogP contribution in [0.5, 0.6) is 5.75 Å². The number of aromatic nitrogens is 3. The maximum atomic E-state index is 10.7. The van der Waals surface area contributed by atoms with Crippen LogP contribution >= 0.6 is 0 Å². The average Bonchev–Trinajstić information content (AvgIpc) is 2.86. The highest BCUT2D eigenvalue weighted by atomic mass is 16.6. The van der Waals surface area contributed by atoms with Crippen LogP contribution in [0.2, 0.25) is 0 Å². The van der Waals surface area contributed by atoms with Gasteiger partial charge in [-0.3, -0.25) is 14.9 Å². The van der Waals surface area contributed by atoms with Crippen molar-refractivity contribution in [3.63, 3.8) is 0 Å². The largest absolute Gasteiger partial charge is 0.494 e. The van der Waals surface area contributed by atoms with E-state index in [9.17, 15) is 14.9 Å². The van der Waals surface area contributed by atoms with Crippen LogP contribution in [0.3, 0.4) is 0 Å². The van der Waals surface area contributed by atoms with E-state index >= 15 is 0 Å². The third-order valence-electron chi connectivity index (χ3n) is 2.25. The van der Waals surface area contributed by atoms with E-state index in [1.54, 1.807) is 0 Å². The molecule has 0 aliphatic heterocycles. The van der Waals surface area contributed by atoms with Crippen molar-refractivity contribution in [3.05, 3.63) is 40.2 Å². The Morgan fingerprint density at radius 3 is 2.83 bits per heavy atom. The number of hydrogen-bond donors (Lipinski definition) is 0. The molecule has 0 aliphatic rings. The zero-order chi connectivity index (χ0) is 13.1. The molecule has 0 spiro atoms. The molecule has 2 rings (SSSR count). The van der Waals surface area contributed by atoms with E-state index < -0.39 is 4.92 Å². The van der Waals surface area contributed by atoms with Gasteiger partial charge in [0.25, 0.3) is 5.69 Å². The molecular formula is C10H8N4O4. The van der Waals surface area contributed by atoms with Crippen LogP contribution in [0, 0.1) is 10.1 Å². The lowest BCUT2D eigenvalue weighted by atomic mass is 10.2. The first-order valence-corrected chi connectivity index (χ1v) is 4.86. The quantitative estimate of drug-likeness (QED) is 0.454. The molecule has 18 heavy (non-hydrogen) atoms. The smallest absolute Gasteiger partial charge is 0.271 e. The number of nitro groups is 1. The first-order chi connectivity index (χ1) is 8.65. The molecule has 0 unspecified atom stereocenters. The van der Waals surface area contributed by atoms with Crippen LogP contribution in [0.4, 0.5) is 5.69 Å². The van der Waals surface area contributed by atoms with E-state index in [1.165, 1.54) is 36.2 Å². The number of hydrogen-bond acceptors (Lipinski definition) is 6. The van der Waals surface area contributed by atoms with Gasteiger partial charge in [0.05, 0.1) is 18.2 Å². The Labute approximate surface area is 101 Å². The maximum Gasteiger partial charge on any atom is 0.271 e. The summed E-state index contributed by atoms with van der Waals surface area (Å²) in [6, 6.07) is 4.07. The molecule has 2 aromatic rings. The van der Waals surface area contributed by atoms with Crippen molar-refractivity contribution in [2.24, 2.45) is 0 Å². The molecule has 0 fully saturated rings. The molecule has 8 nitrogen and oxygen atoms in total. The zero-order valence-electron chi connectivity index (χ0n) is 9.31. The number of ether oxygens (including phenoxy) is 1. The summed E-state index contributed by atoms with van der Waals surface area (Å²) in [5.41, 5.74) is 0.366. The fourth-order valence-corrected chi connectivity index (χ4v) is 1.42. The Bertz CT molecular complexity index is 608. The lowest BCUT2D eigenvalue weighted by Gasteiger charge is -2.06. The van der Waals surface area contributed by atoms with Crippen LogP contribution in [0.1, 0.15) is 10.5 Å². The Kier molecular flexibility index (Phi) is 3.00. The Morgan fingerprint density at radius 1 is 1.50 bits per heavy atom. The Hall–Kier alpha value is -2.77. The number of aldehydes is 1. The summed E-state index contributed by atoms with van der Waals surface area (Å²) < 4.78 is 6.32. The molecule has 0 bridgehead atoms. The minimum Gasteiger partial charge on any atom is -0.494 e. The minimum atomic E-state index is -0.527. The summed E-state index contributed by atoms with van der Waals surface area (Å²) in [5.74, 6) is 0.392. The number of benzene rings is 1. The molecule has 0 saturated carbocycles. The van der Waals surface area contributed by atoms with E-state index in [4.69, 9.17) is 4.74 Å². The average molecular weight is 248 g/mol. The van der Waals surface area contributed by atoms with Gasteiger partial charge in [0.15, 0.2) is 6.29 Å². The molecule has 0 amide bonds. The van der Waals surface area contributed by atoms with Gasteiger partial charge in [-0.05, 0) is 6.07 Å². The van der Waals surface area contributed by atoms with Gasteiger partial charge in [0.1, 0.15) is 17.1 Å². The van der Waals surface area contributed by atoms with Crippen molar-refractivity contribution < 1.29 is 14.5 Å². The first kappa shape index (κ1) is 11.7. The fraction of sp³-hybridized carbons (Fsp3) is 0.100. The SMILES string of the molecule is COc1ccc([N+](=O)[O-])cc1-n1cc(C=O)nn1. The van der Waals surface area contributed by atoms with Gasteiger partial charge in [-0.1, -0.05) is 5.21 Å². The first-order valence-electron chi connectivity index (χ1n) is 4.86. The molecular weight excluding hydrogens is 240 g/mol. The molecule has 0 radical (unpaired) electrons. The van der Waals surface area contributed by atoms with Crippen LogP contribution in [-0.4, -0.2) is 33.3 Å². The predicted molar refractivity (Wildman–Crippen MR) is 60.0 cm³/mol. The van der Waals surface area contributed by atoms with Crippen molar-refractivity contribution >= 4 is 12.0 Å². The van der Waals surface area contributed by atoms with E-state index in [2.05, 4.69) is 10.3 Å². The number of carbonyl (C=O) groups is 1. The standard InChI is InChI=1S/C10H8N4O4/c1-18-10-3-2-8(14(16)17)4-9(10)13-5-7(6-15)11-12-13/h2-6H,1H3. The number of non-ortho nitro benzene ring substituents is 1. The van der Waals surface area contributed by atoms with E-state index in [1.807, 2.05) is 0 Å². The van der Waals surface area contributed by atoms with Crippen LogP contribution in [0.25, 0.3) is 5.69 Å². The van der Waals surface area contributed by atoms with Crippen molar-refractivity contribution in [3.8, 4) is 11.4 Å². The highest BCUT2D eigenvalue weighted by molar-refractivity contribution is 5.71. The van der Waals surface area contributed by atoms with Gasteiger partial charge >= 0.3 is 0 Å². The Morgan fingerprint density at radius 2 is 2.28 bits per heavy atom. The second-order valence-electron chi connectivity index (χ2n) is 3.32. The van der Waals surface area contributed by atoms with Crippen molar-refractivity contribution in [1.82, 2.24) is 15.0 Å². The van der Waals surface area contributed by atoms with Crippen molar-refractivity contribution in [1.29, 1.82) is 0 Å². The van der Waals surface area contributed by atoms with Gasteiger partial charge in [0.2, 0.25) is 0 Å². The highest BCUT2D eigenvalue weighted by Gasteiger charge is 2.14. The molecule has 8 heteroatoms. The van der Waals surface area contributed by atoms with Crippen LogP contribution in [-0.2, 0) is 0 Å². The lowest BCUT2D eigenvalue weighted by molar-refractivity contribution is -0.384. The molecule has 0 N–H and O–H groups in total. The summed E-state index contributed by atoms with van der Waals surface area (Å²) in [7, 11) is 1.43.